The van der Waals surface area contributed by atoms with Crippen LogP contribution in [0.2, 0.25) is 0 Å². The molecule has 0 saturated carbocycles. The quantitative estimate of drug-likeness (QED) is 0.182. The Kier molecular flexibility index (Phi) is 12.3. The molecule has 0 radical (unpaired) electrons. The third-order valence-corrected chi connectivity index (χ3v) is 5.46. The fourth-order valence-corrected chi connectivity index (χ4v) is 2.74. The summed E-state index contributed by atoms with van der Waals surface area (Å²) in [4.78, 5) is 49.1. The fourth-order valence-electron chi connectivity index (χ4n) is 2.74. The Morgan fingerprint density at radius 3 is 1.48 bits per heavy atom. The molecule has 8 unspecified atom stereocenters. The van der Waals surface area contributed by atoms with Gasteiger partial charge in [0.15, 0.2) is 6.04 Å². The van der Waals surface area contributed by atoms with Crippen molar-refractivity contribution >= 4 is 23.7 Å². The first-order valence-electron chi connectivity index (χ1n) is 10.5. The molecule has 0 fully saturated rings. The summed E-state index contributed by atoms with van der Waals surface area (Å²) >= 11 is 0. The SMILES string of the molecule is CCC(C)C(N)C(=O)NC(C(=O)NC(C(=O)NC(C(=O)O)C(C)O)C(C)CC)C(C)O. The van der Waals surface area contributed by atoms with Crippen LogP contribution in [0.15, 0.2) is 0 Å². The number of hydrogen-bond donors (Lipinski definition) is 7. The number of amides is 3. The molecule has 11 heteroatoms. The molecule has 8 atom stereocenters. The maximum Gasteiger partial charge on any atom is 0.328 e. The topological polar surface area (TPSA) is 191 Å². The van der Waals surface area contributed by atoms with Crippen molar-refractivity contribution in [1.29, 1.82) is 0 Å². The number of nitrogens with two attached hydrogens (primary N) is 1. The molecule has 8 N–H and O–H groups in total. The maximum absolute atomic E-state index is 12.8. The number of carboxylic acid groups (broad SMARTS) is 1. The van der Waals surface area contributed by atoms with Gasteiger partial charge >= 0.3 is 5.97 Å². The van der Waals surface area contributed by atoms with Crippen LogP contribution in [-0.2, 0) is 19.2 Å². The number of nitrogens with one attached hydrogen (secondary N) is 3. The molecular formula is C20H38N4O7. The van der Waals surface area contributed by atoms with Crippen LogP contribution in [0, 0.1) is 11.8 Å². The first-order valence-corrected chi connectivity index (χ1v) is 10.5. The highest BCUT2D eigenvalue weighted by Crippen LogP contribution is 2.11. The molecule has 0 aliphatic rings. The van der Waals surface area contributed by atoms with E-state index in [1.54, 1.807) is 20.8 Å². The highest BCUT2D eigenvalue weighted by Gasteiger charge is 2.35. The van der Waals surface area contributed by atoms with E-state index >= 15 is 0 Å². The van der Waals surface area contributed by atoms with Crippen LogP contribution in [0.3, 0.4) is 0 Å². The van der Waals surface area contributed by atoms with Gasteiger partial charge < -0.3 is 37.0 Å². The molecule has 0 saturated heterocycles. The summed E-state index contributed by atoms with van der Waals surface area (Å²) in [6.07, 6.45) is -1.53. The number of carbonyl (C=O) groups excluding carboxylic acids is 3. The predicted octanol–water partition coefficient (Wildman–Crippen LogP) is -1.29. The lowest BCUT2D eigenvalue weighted by Crippen LogP contribution is -2.62. The maximum atomic E-state index is 12.8. The molecule has 0 heterocycles. The van der Waals surface area contributed by atoms with Crippen LogP contribution in [0.1, 0.15) is 54.4 Å². The molecular weight excluding hydrogens is 408 g/mol. The van der Waals surface area contributed by atoms with E-state index in [4.69, 9.17) is 5.73 Å². The van der Waals surface area contributed by atoms with Crippen molar-refractivity contribution in [3.63, 3.8) is 0 Å². The van der Waals surface area contributed by atoms with E-state index in [9.17, 15) is 34.5 Å². The highest BCUT2D eigenvalue weighted by atomic mass is 16.4. The smallest absolute Gasteiger partial charge is 0.328 e. The number of aliphatic carboxylic acids is 1. The average molecular weight is 447 g/mol. The average Bonchev–Trinajstić information content (AvgIpc) is 2.70. The fraction of sp³-hybridized carbons (Fsp3) is 0.800. The molecule has 0 aromatic carbocycles. The first-order chi connectivity index (χ1) is 14.3. The third kappa shape index (κ3) is 8.80. The summed E-state index contributed by atoms with van der Waals surface area (Å²) in [6, 6.07) is -4.96. The second kappa shape index (κ2) is 13.2. The minimum atomic E-state index is -1.56. The number of hydrogen-bond acceptors (Lipinski definition) is 7. The van der Waals surface area contributed by atoms with Crippen LogP contribution >= 0.6 is 0 Å². The molecule has 0 aromatic heterocycles. The second-order valence-corrected chi connectivity index (χ2v) is 8.08. The van der Waals surface area contributed by atoms with E-state index in [1.165, 1.54) is 13.8 Å². The van der Waals surface area contributed by atoms with Gasteiger partial charge in [-0.15, -0.1) is 0 Å². The first kappa shape index (κ1) is 28.8. The summed E-state index contributed by atoms with van der Waals surface area (Å²) in [6.45, 7) is 9.63. The summed E-state index contributed by atoms with van der Waals surface area (Å²) < 4.78 is 0. The monoisotopic (exact) mass is 446 g/mol. The van der Waals surface area contributed by atoms with Crippen molar-refractivity contribution in [3.8, 4) is 0 Å². The third-order valence-electron chi connectivity index (χ3n) is 5.46. The van der Waals surface area contributed by atoms with Crippen molar-refractivity contribution < 1.29 is 34.5 Å². The Labute approximate surface area is 183 Å². The van der Waals surface area contributed by atoms with Crippen LogP contribution in [0.4, 0.5) is 0 Å². The highest BCUT2D eigenvalue weighted by molar-refractivity contribution is 5.94. The Morgan fingerprint density at radius 1 is 0.710 bits per heavy atom. The van der Waals surface area contributed by atoms with Gasteiger partial charge in [-0.2, -0.15) is 0 Å². The van der Waals surface area contributed by atoms with E-state index in [-0.39, 0.29) is 5.92 Å². The molecule has 11 nitrogen and oxygen atoms in total. The number of aliphatic hydroxyl groups is 2. The summed E-state index contributed by atoms with van der Waals surface area (Å²) in [5, 5.41) is 35.9. The number of carboxylic acids is 1. The standard InChI is InChI=1S/C20H38N4O7/c1-7-9(3)13(21)17(27)23-15(11(5)25)19(29)22-14(10(4)8-2)18(28)24-16(12(6)26)20(30)31/h9-16,25-26H,7-8,21H2,1-6H3,(H,22,29)(H,23,27)(H,24,28)(H,30,31). The van der Waals surface area contributed by atoms with Gasteiger partial charge in [0.05, 0.1) is 18.2 Å². The number of aliphatic hydroxyl groups excluding tert-OH is 2. The normalized spacial score (nSPS) is 19.0. The molecule has 0 rings (SSSR count). The van der Waals surface area contributed by atoms with Gasteiger partial charge in [-0.05, 0) is 25.7 Å². The van der Waals surface area contributed by atoms with Crippen molar-refractivity contribution in [2.24, 2.45) is 17.6 Å². The lowest BCUT2D eigenvalue weighted by atomic mass is 9.96. The Bertz CT molecular complexity index is 627. The van der Waals surface area contributed by atoms with E-state index in [0.717, 1.165) is 0 Å². The lowest BCUT2D eigenvalue weighted by Gasteiger charge is -2.29. The van der Waals surface area contributed by atoms with E-state index in [2.05, 4.69) is 16.0 Å². The van der Waals surface area contributed by atoms with Gasteiger partial charge in [0.25, 0.3) is 0 Å². The summed E-state index contributed by atoms with van der Waals surface area (Å²) in [5.74, 6) is -4.21. The predicted molar refractivity (Wildman–Crippen MR) is 114 cm³/mol. The van der Waals surface area contributed by atoms with Crippen LogP contribution in [0.5, 0.6) is 0 Å². The van der Waals surface area contributed by atoms with Crippen molar-refractivity contribution in [2.75, 3.05) is 0 Å². The van der Waals surface area contributed by atoms with Gasteiger partial charge in [-0.1, -0.05) is 40.5 Å². The summed E-state index contributed by atoms with van der Waals surface area (Å²) in [7, 11) is 0. The van der Waals surface area contributed by atoms with Gasteiger partial charge in [0.1, 0.15) is 12.1 Å². The van der Waals surface area contributed by atoms with E-state index < -0.39 is 66.0 Å². The minimum Gasteiger partial charge on any atom is -0.480 e. The van der Waals surface area contributed by atoms with E-state index in [1.807, 2.05) is 6.92 Å². The molecule has 0 aromatic rings. The van der Waals surface area contributed by atoms with Crippen LogP contribution in [-0.4, -0.2) is 75.4 Å². The Hall–Kier alpha value is -2.24. The van der Waals surface area contributed by atoms with Gasteiger partial charge in [0.2, 0.25) is 17.7 Å². The number of carbonyl (C=O) groups is 4. The van der Waals surface area contributed by atoms with Gasteiger partial charge in [-0.25, -0.2) is 4.79 Å². The molecule has 0 aliphatic heterocycles. The zero-order valence-electron chi connectivity index (χ0n) is 19.1. The molecule has 0 bridgehead atoms. The zero-order valence-corrected chi connectivity index (χ0v) is 19.1. The van der Waals surface area contributed by atoms with Crippen LogP contribution < -0.4 is 21.7 Å². The summed E-state index contributed by atoms with van der Waals surface area (Å²) in [5.41, 5.74) is 5.88. The van der Waals surface area contributed by atoms with Gasteiger partial charge in [0, 0.05) is 0 Å². The Balaban J connectivity index is 5.52. The Morgan fingerprint density at radius 2 is 1.10 bits per heavy atom. The number of rotatable bonds is 13. The molecule has 0 aliphatic carbocycles. The van der Waals surface area contributed by atoms with Crippen molar-refractivity contribution in [2.45, 2.75) is 90.8 Å². The van der Waals surface area contributed by atoms with Crippen LogP contribution in [0.25, 0.3) is 0 Å². The molecule has 0 spiro atoms. The molecule has 31 heavy (non-hydrogen) atoms. The van der Waals surface area contributed by atoms with Crippen molar-refractivity contribution in [1.82, 2.24) is 16.0 Å². The second-order valence-electron chi connectivity index (χ2n) is 8.08. The zero-order chi connectivity index (χ0) is 24.5. The molecule has 3 amide bonds. The lowest BCUT2D eigenvalue weighted by molar-refractivity contribution is -0.145. The van der Waals surface area contributed by atoms with Crippen molar-refractivity contribution in [3.05, 3.63) is 0 Å². The van der Waals surface area contributed by atoms with E-state index in [0.29, 0.717) is 12.8 Å². The largest absolute Gasteiger partial charge is 0.480 e. The van der Waals surface area contributed by atoms with Gasteiger partial charge in [-0.3, -0.25) is 14.4 Å². The minimum absolute atomic E-state index is 0.148. The molecule has 180 valence electrons.